The lowest BCUT2D eigenvalue weighted by Gasteiger charge is -2.25. The first kappa shape index (κ1) is 21.4. The van der Waals surface area contributed by atoms with E-state index in [2.05, 4.69) is 32.2 Å². The van der Waals surface area contributed by atoms with Crippen molar-refractivity contribution in [2.75, 3.05) is 51.3 Å². The molecule has 1 fully saturated rings. The van der Waals surface area contributed by atoms with E-state index in [1.807, 2.05) is 12.1 Å². The number of hydrogen-bond donors (Lipinski definition) is 1. The van der Waals surface area contributed by atoms with Crippen LogP contribution >= 0.6 is 11.6 Å². The summed E-state index contributed by atoms with van der Waals surface area (Å²) in [6.45, 7) is 5.92. The molecule has 0 spiro atoms. The topological polar surface area (TPSA) is 57.7 Å². The van der Waals surface area contributed by atoms with Gasteiger partial charge in [0.1, 0.15) is 10.9 Å². The lowest BCUT2D eigenvalue weighted by molar-refractivity contribution is 0.0952. The monoisotopic (exact) mass is 416 g/mol. The molecule has 1 amide bonds. The minimum absolute atomic E-state index is 0.101. The minimum atomic E-state index is -0.101. The van der Waals surface area contributed by atoms with E-state index in [0.717, 1.165) is 57.7 Å². The second-order valence-electron chi connectivity index (χ2n) is 7.19. The summed E-state index contributed by atoms with van der Waals surface area (Å²) in [5, 5.41) is 3.34. The summed E-state index contributed by atoms with van der Waals surface area (Å²) in [5.74, 6) is 0.837. The Morgan fingerprint density at radius 3 is 2.79 bits per heavy atom. The van der Waals surface area contributed by atoms with Crippen LogP contribution in [0.4, 0.5) is 5.69 Å². The van der Waals surface area contributed by atoms with Crippen molar-refractivity contribution in [3.63, 3.8) is 0 Å². The molecule has 156 valence electrons. The molecule has 29 heavy (non-hydrogen) atoms. The van der Waals surface area contributed by atoms with Crippen LogP contribution in [0.5, 0.6) is 5.75 Å². The van der Waals surface area contributed by atoms with Gasteiger partial charge in [0.15, 0.2) is 0 Å². The Morgan fingerprint density at radius 2 is 2.00 bits per heavy atom. The molecule has 0 bridgehead atoms. The quantitative estimate of drug-likeness (QED) is 0.527. The highest BCUT2D eigenvalue weighted by molar-refractivity contribution is 6.29. The molecule has 0 aliphatic carbocycles. The fourth-order valence-corrected chi connectivity index (χ4v) is 3.71. The van der Waals surface area contributed by atoms with Crippen molar-refractivity contribution in [3.05, 3.63) is 53.3 Å². The van der Waals surface area contributed by atoms with Crippen molar-refractivity contribution in [3.8, 4) is 5.75 Å². The van der Waals surface area contributed by atoms with E-state index in [0.29, 0.717) is 17.3 Å². The standard InChI is InChI=1S/C22H29ClN4O2/c1-29-20-8-3-2-7-19(20)27-14-6-13-26(15-16-27)12-5-4-11-24-22(28)18-9-10-21(23)25-17-18/h2-3,7-10,17H,4-6,11-16H2,1H3,(H,24,28). The molecule has 0 radical (unpaired) electrons. The Labute approximate surface area is 177 Å². The Hall–Kier alpha value is -2.31. The molecule has 1 aliphatic heterocycles. The second-order valence-corrected chi connectivity index (χ2v) is 7.57. The van der Waals surface area contributed by atoms with Gasteiger partial charge < -0.3 is 19.9 Å². The van der Waals surface area contributed by atoms with Gasteiger partial charge in [-0.15, -0.1) is 0 Å². The average molecular weight is 417 g/mol. The molecule has 7 heteroatoms. The molecule has 0 unspecified atom stereocenters. The summed E-state index contributed by atoms with van der Waals surface area (Å²) in [5.41, 5.74) is 1.72. The van der Waals surface area contributed by atoms with Crippen LogP contribution in [0.3, 0.4) is 0 Å². The predicted molar refractivity (Wildman–Crippen MR) is 117 cm³/mol. The van der Waals surface area contributed by atoms with E-state index < -0.39 is 0 Å². The van der Waals surface area contributed by atoms with Gasteiger partial charge in [0.2, 0.25) is 0 Å². The van der Waals surface area contributed by atoms with Gasteiger partial charge in [0.25, 0.3) is 5.91 Å². The molecule has 3 rings (SSSR count). The summed E-state index contributed by atoms with van der Waals surface area (Å²) in [7, 11) is 1.73. The van der Waals surface area contributed by atoms with Crippen LogP contribution in [0.25, 0.3) is 0 Å². The zero-order valence-electron chi connectivity index (χ0n) is 16.9. The molecule has 2 heterocycles. The highest BCUT2D eigenvalue weighted by Gasteiger charge is 2.17. The molecule has 1 aliphatic rings. The molecule has 1 aromatic heterocycles. The van der Waals surface area contributed by atoms with Crippen LogP contribution in [0, 0.1) is 0 Å². The van der Waals surface area contributed by atoms with Gasteiger partial charge in [-0.2, -0.15) is 0 Å². The van der Waals surface area contributed by atoms with Crippen LogP contribution in [0.1, 0.15) is 29.6 Å². The summed E-state index contributed by atoms with van der Waals surface area (Å²) in [6, 6.07) is 11.5. The van der Waals surface area contributed by atoms with Crippen molar-refractivity contribution >= 4 is 23.2 Å². The number of anilines is 1. The van der Waals surface area contributed by atoms with E-state index in [1.54, 1.807) is 19.2 Å². The fourth-order valence-electron chi connectivity index (χ4n) is 3.60. The van der Waals surface area contributed by atoms with Crippen molar-refractivity contribution < 1.29 is 9.53 Å². The number of unbranched alkanes of at least 4 members (excludes halogenated alkanes) is 1. The zero-order valence-corrected chi connectivity index (χ0v) is 17.7. The zero-order chi connectivity index (χ0) is 20.5. The molecule has 2 aromatic rings. The molecule has 1 saturated heterocycles. The SMILES string of the molecule is COc1ccccc1N1CCCN(CCCCNC(=O)c2ccc(Cl)nc2)CC1. The first-order valence-electron chi connectivity index (χ1n) is 10.2. The Balaban J connectivity index is 1.36. The number of rotatable bonds is 8. The van der Waals surface area contributed by atoms with Crippen LogP contribution in [-0.2, 0) is 0 Å². The molecule has 0 atom stereocenters. The van der Waals surface area contributed by atoms with Crippen LogP contribution in [0.15, 0.2) is 42.6 Å². The maximum atomic E-state index is 12.1. The number of carbonyl (C=O) groups excluding carboxylic acids is 1. The summed E-state index contributed by atoms with van der Waals surface area (Å²) < 4.78 is 5.51. The van der Waals surface area contributed by atoms with E-state index in [4.69, 9.17) is 16.3 Å². The number of nitrogens with zero attached hydrogens (tertiary/aromatic N) is 3. The Morgan fingerprint density at radius 1 is 1.14 bits per heavy atom. The number of amides is 1. The first-order chi connectivity index (χ1) is 14.2. The maximum absolute atomic E-state index is 12.1. The number of para-hydroxylation sites is 2. The number of aromatic nitrogens is 1. The fraction of sp³-hybridized carbons (Fsp3) is 0.455. The van der Waals surface area contributed by atoms with Gasteiger partial charge in [-0.25, -0.2) is 4.98 Å². The third-order valence-corrected chi connectivity index (χ3v) is 5.41. The van der Waals surface area contributed by atoms with Crippen LogP contribution in [-0.4, -0.2) is 62.2 Å². The number of pyridine rings is 1. The van der Waals surface area contributed by atoms with Gasteiger partial charge in [0, 0.05) is 32.4 Å². The summed E-state index contributed by atoms with van der Waals surface area (Å²) in [6.07, 6.45) is 4.66. The second kappa shape index (κ2) is 11.0. The van der Waals surface area contributed by atoms with Gasteiger partial charge in [0.05, 0.1) is 18.4 Å². The number of ether oxygens (including phenoxy) is 1. The highest BCUT2D eigenvalue weighted by Crippen LogP contribution is 2.28. The molecule has 1 aromatic carbocycles. The molecular weight excluding hydrogens is 388 g/mol. The largest absolute Gasteiger partial charge is 0.495 e. The number of benzene rings is 1. The number of carbonyl (C=O) groups is 1. The van der Waals surface area contributed by atoms with Crippen molar-refractivity contribution in [2.45, 2.75) is 19.3 Å². The molecule has 6 nitrogen and oxygen atoms in total. The van der Waals surface area contributed by atoms with E-state index in [-0.39, 0.29) is 5.91 Å². The number of hydrogen-bond acceptors (Lipinski definition) is 5. The van der Waals surface area contributed by atoms with Crippen molar-refractivity contribution in [1.82, 2.24) is 15.2 Å². The predicted octanol–water partition coefficient (Wildman–Crippen LogP) is 3.47. The van der Waals surface area contributed by atoms with Gasteiger partial charge in [-0.3, -0.25) is 4.79 Å². The Kier molecular flexibility index (Phi) is 8.14. The molecule has 0 saturated carbocycles. The summed E-state index contributed by atoms with van der Waals surface area (Å²) >= 11 is 5.75. The van der Waals surface area contributed by atoms with Crippen LogP contribution in [0.2, 0.25) is 5.15 Å². The lowest BCUT2D eigenvalue weighted by Crippen LogP contribution is -2.32. The summed E-state index contributed by atoms with van der Waals surface area (Å²) in [4.78, 5) is 20.9. The van der Waals surface area contributed by atoms with Gasteiger partial charge in [-0.1, -0.05) is 23.7 Å². The van der Waals surface area contributed by atoms with Gasteiger partial charge in [-0.05, 0) is 56.6 Å². The highest BCUT2D eigenvalue weighted by atomic mass is 35.5. The average Bonchev–Trinajstić information content (AvgIpc) is 2.99. The third-order valence-electron chi connectivity index (χ3n) is 5.19. The number of nitrogens with one attached hydrogen (secondary N) is 1. The maximum Gasteiger partial charge on any atom is 0.252 e. The first-order valence-corrected chi connectivity index (χ1v) is 10.6. The molecular formula is C22H29ClN4O2. The van der Waals surface area contributed by atoms with E-state index in [9.17, 15) is 4.79 Å². The molecule has 1 N–H and O–H groups in total. The van der Waals surface area contributed by atoms with Crippen LogP contribution < -0.4 is 15.0 Å². The van der Waals surface area contributed by atoms with E-state index >= 15 is 0 Å². The Bertz CT molecular complexity index is 785. The third kappa shape index (κ3) is 6.34. The number of methoxy groups -OCH3 is 1. The van der Waals surface area contributed by atoms with Gasteiger partial charge >= 0.3 is 0 Å². The smallest absolute Gasteiger partial charge is 0.252 e. The van der Waals surface area contributed by atoms with Crippen molar-refractivity contribution in [2.24, 2.45) is 0 Å². The van der Waals surface area contributed by atoms with E-state index in [1.165, 1.54) is 11.9 Å². The number of halogens is 1. The minimum Gasteiger partial charge on any atom is -0.495 e. The van der Waals surface area contributed by atoms with Crippen molar-refractivity contribution in [1.29, 1.82) is 0 Å². The normalized spacial score (nSPS) is 15.0. The lowest BCUT2D eigenvalue weighted by atomic mass is 10.2.